The van der Waals surface area contributed by atoms with Gasteiger partial charge in [-0.25, -0.2) is 0 Å². The third-order valence-corrected chi connectivity index (χ3v) is 3.05. The molecule has 1 aromatic carbocycles. The summed E-state index contributed by atoms with van der Waals surface area (Å²) in [6, 6.07) is 8.25. The molecular formula is C14H21NO. The minimum Gasteiger partial charge on any atom is -0.491 e. The summed E-state index contributed by atoms with van der Waals surface area (Å²) in [7, 11) is 0. The Labute approximate surface area is 98.0 Å². The zero-order valence-corrected chi connectivity index (χ0v) is 10.2. The molecule has 2 heteroatoms. The molecule has 0 spiro atoms. The van der Waals surface area contributed by atoms with E-state index >= 15 is 0 Å². The van der Waals surface area contributed by atoms with Crippen molar-refractivity contribution in [1.29, 1.82) is 0 Å². The van der Waals surface area contributed by atoms with Crippen LogP contribution in [0.5, 0.6) is 5.75 Å². The second kappa shape index (κ2) is 5.24. The highest BCUT2D eigenvalue weighted by Crippen LogP contribution is 2.26. The molecule has 0 saturated heterocycles. The highest BCUT2D eigenvalue weighted by atomic mass is 16.5. The van der Waals surface area contributed by atoms with Crippen LogP contribution in [0.15, 0.2) is 24.3 Å². The molecule has 2 nitrogen and oxygen atoms in total. The second-order valence-corrected chi connectivity index (χ2v) is 4.87. The van der Waals surface area contributed by atoms with Crippen molar-refractivity contribution < 1.29 is 4.74 Å². The average molecular weight is 219 g/mol. The molecule has 0 heterocycles. The number of hydrogen-bond donors (Lipinski definition) is 1. The molecule has 0 aliphatic heterocycles. The fourth-order valence-electron chi connectivity index (χ4n) is 1.88. The van der Waals surface area contributed by atoms with E-state index in [1.165, 1.54) is 24.9 Å². The number of hydrogen-bond acceptors (Lipinski definition) is 2. The van der Waals surface area contributed by atoms with Gasteiger partial charge in [0.15, 0.2) is 0 Å². The van der Waals surface area contributed by atoms with E-state index in [1.54, 1.807) is 0 Å². The Bertz CT molecular complexity index is 314. The van der Waals surface area contributed by atoms with Crippen molar-refractivity contribution in [2.45, 2.75) is 39.2 Å². The van der Waals surface area contributed by atoms with Gasteiger partial charge in [0, 0.05) is 12.2 Å². The van der Waals surface area contributed by atoms with E-state index in [0.29, 0.717) is 0 Å². The molecule has 1 aliphatic rings. The van der Waals surface area contributed by atoms with E-state index in [4.69, 9.17) is 4.74 Å². The lowest BCUT2D eigenvalue weighted by Gasteiger charge is -2.25. The normalized spacial score (nSPS) is 15.9. The van der Waals surface area contributed by atoms with Crippen LogP contribution in [0.1, 0.15) is 33.1 Å². The highest BCUT2D eigenvalue weighted by molar-refractivity contribution is 5.46. The van der Waals surface area contributed by atoms with Gasteiger partial charge < -0.3 is 10.1 Å². The zero-order valence-electron chi connectivity index (χ0n) is 10.2. The third kappa shape index (κ3) is 3.16. The fraction of sp³-hybridized carbons (Fsp3) is 0.571. The van der Waals surface area contributed by atoms with Gasteiger partial charge in [-0.15, -0.1) is 0 Å². The molecule has 1 fully saturated rings. The summed E-state index contributed by atoms with van der Waals surface area (Å²) in [5.41, 5.74) is 1.20. The quantitative estimate of drug-likeness (QED) is 0.815. The van der Waals surface area contributed by atoms with E-state index in [1.807, 2.05) is 26.0 Å². The van der Waals surface area contributed by atoms with Crippen molar-refractivity contribution >= 4 is 5.69 Å². The number of rotatable bonds is 5. The number of benzene rings is 1. The average Bonchev–Trinajstić information content (AvgIpc) is 2.17. The van der Waals surface area contributed by atoms with Gasteiger partial charge >= 0.3 is 0 Å². The van der Waals surface area contributed by atoms with Crippen molar-refractivity contribution in [1.82, 2.24) is 0 Å². The van der Waals surface area contributed by atoms with Gasteiger partial charge in [0.25, 0.3) is 0 Å². The zero-order chi connectivity index (χ0) is 11.4. The van der Waals surface area contributed by atoms with E-state index in [2.05, 4.69) is 17.4 Å². The Hall–Kier alpha value is -1.18. The monoisotopic (exact) mass is 219 g/mol. The molecule has 1 saturated carbocycles. The van der Waals surface area contributed by atoms with Crippen LogP contribution in [0.2, 0.25) is 0 Å². The Morgan fingerprint density at radius 2 is 1.94 bits per heavy atom. The topological polar surface area (TPSA) is 21.3 Å². The maximum Gasteiger partial charge on any atom is 0.119 e. The van der Waals surface area contributed by atoms with Crippen LogP contribution >= 0.6 is 0 Å². The molecule has 16 heavy (non-hydrogen) atoms. The summed E-state index contributed by atoms with van der Waals surface area (Å²) >= 11 is 0. The van der Waals surface area contributed by atoms with Gasteiger partial charge in [-0.3, -0.25) is 0 Å². The molecule has 0 bridgehead atoms. The minimum atomic E-state index is 0.244. The van der Waals surface area contributed by atoms with Gasteiger partial charge in [0.05, 0.1) is 6.10 Å². The van der Waals surface area contributed by atoms with Gasteiger partial charge in [0.2, 0.25) is 0 Å². The molecule has 88 valence electrons. The minimum absolute atomic E-state index is 0.244. The smallest absolute Gasteiger partial charge is 0.119 e. The van der Waals surface area contributed by atoms with Crippen LogP contribution in [0.3, 0.4) is 0 Å². The van der Waals surface area contributed by atoms with E-state index in [9.17, 15) is 0 Å². The molecule has 2 rings (SSSR count). The molecular weight excluding hydrogens is 198 g/mol. The maximum absolute atomic E-state index is 5.60. The fourth-order valence-corrected chi connectivity index (χ4v) is 1.88. The first-order valence-electron chi connectivity index (χ1n) is 6.24. The Morgan fingerprint density at radius 1 is 1.25 bits per heavy atom. The van der Waals surface area contributed by atoms with Crippen LogP contribution in [-0.4, -0.2) is 12.6 Å². The summed E-state index contributed by atoms with van der Waals surface area (Å²) in [6.45, 7) is 5.20. The van der Waals surface area contributed by atoms with Crippen LogP contribution in [-0.2, 0) is 0 Å². The summed E-state index contributed by atoms with van der Waals surface area (Å²) < 4.78 is 5.60. The highest BCUT2D eigenvalue weighted by Gasteiger charge is 2.16. The summed E-state index contributed by atoms with van der Waals surface area (Å²) in [6.07, 6.45) is 4.44. The number of anilines is 1. The van der Waals surface area contributed by atoms with Crippen molar-refractivity contribution in [2.75, 3.05) is 11.9 Å². The molecule has 0 unspecified atom stereocenters. The van der Waals surface area contributed by atoms with E-state index < -0.39 is 0 Å². The first-order chi connectivity index (χ1) is 7.74. The van der Waals surface area contributed by atoms with Crippen molar-refractivity contribution in [3.8, 4) is 5.75 Å². The molecule has 1 aromatic rings. The van der Waals surface area contributed by atoms with Gasteiger partial charge in [-0.1, -0.05) is 6.42 Å². The molecule has 1 N–H and O–H groups in total. The van der Waals surface area contributed by atoms with Crippen LogP contribution < -0.4 is 10.1 Å². The largest absolute Gasteiger partial charge is 0.491 e. The summed E-state index contributed by atoms with van der Waals surface area (Å²) in [5, 5.41) is 3.47. The molecule has 1 aliphatic carbocycles. The molecule has 0 atom stereocenters. The Balaban J connectivity index is 1.81. The van der Waals surface area contributed by atoms with E-state index in [-0.39, 0.29) is 6.10 Å². The Morgan fingerprint density at radius 3 is 2.44 bits per heavy atom. The standard InChI is InChI=1S/C14H21NO/c1-11(2)16-14-8-6-13(7-9-14)15-10-12-4-3-5-12/h6-9,11-12,15H,3-5,10H2,1-2H3. The molecule has 0 radical (unpaired) electrons. The Kier molecular flexibility index (Phi) is 3.70. The molecule has 0 amide bonds. The lowest BCUT2D eigenvalue weighted by atomic mass is 9.85. The molecule has 0 aromatic heterocycles. The van der Waals surface area contributed by atoms with E-state index in [0.717, 1.165) is 18.2 Å². The summed E-state index contributed by atoms with van der Waals surface area (Å²) in [4.78, 5) is 0. The maximum atomic E-state index is 5.60. The lowest BCUT2D eigenvalue weighted by Crippen LogP contribution is -2.20. The summed E-state index contributed by atoms with van der Waals surface area (Å²) in [5.74, 6) is 1.84. The number of ether oxygens (including phenoxy) is 1. The van der Waals surface area contributed by atoms with Crippen molar-refractivity contribution in [3.63, 3.8) is 0 Å². The number of nitrogens with one attached hydrogen (secondary N) is 1. The van der Waals surface area contributed by atoms with Crippen molar-refractivity contribution in [3.05, 3.63) is 24.3 Å². The van der Waals surface area contributed by atoms with Gasteiger partial charge in [-0.05, 0) is 56.9 Å². The first-order valence-corrected chi connectivity index (χ1v) is 6.24. The predicted octanol–water partition coefficient (Wildman–Crippen LogP) is 3.69. The van der Waals surface area contributed by atoms with Gasteiger partial charge in [0.1, 0.15) is 5.75 Å². The van der Waals surface area contributed by atoms with Crippen molar-refractivity contribution in [2.24, 2.45) is 5.92 Å². The van der Waals surface area contributed by atoms with Crippen LogP contribution in [0.4, 0.5) is 5.69 Å². The SMILES string of the molecule is CC(C)Oc1ccc(NCC2CCC2)cc1. The lowest BCUT2D eigenvalue weighted by molar-refractivity contribution is 0.242. The van der Waals surface area contributed by atoms with Gasteiger partial charge in [-0.2, -0.15) is 0 Å². The third-order valence-electron chi connectivity index (χ3n) is 3.05. The second-order valence-electron chi connectivity index (χ2n) is 4.87. The van der Waals surface area contributed by atoms with Crippen LogP contribution in [0, 0.1) is 5.92 Å². The van der Waals surface area contributed by atoms with Crippen LogP contribution in [0.25, 0.3) is 0 Å². The predicted molar refractivity (Wildman–Crippen MR) is 68.0 cm³/mol. The first kappa shape index (κ1) is 11.3.